The molecule has 1 aliphatic rings. The molecule has 0 saturated heterocycles. The van der Waals surface area contributed by atoms with Crippen molar-refractivity contribution in [2.24, 2.45) is 9.98 Å². The van der Waals surface area contributed by atoms with Gasteiger partial charge in [-0.3, -0.25) is 0 Å². The first-order chi connectivity index (χ1) is 15.2. The fourth-order valence-corrected chi connectivity index (χ4v) is 4.05. The summed E-state index contributed by atoms with van der Waals surface area (Å²) in [5.41, 5.74) is -0.665. The smallest absolute Gasteiger partial charge is 0.339 e. The van der Waals surface area contributed by atoms with Crippen LogP contribution in [0.2, 0.25) is 10.0 Å². The molecule has 0 saturated carbocycles. The van der Waals surface area contributed by atoms with Gasteiger partial charge in [-0.1, -0.05) is 53.9 Å². The molecule has 1 aliphatic heterocycles. The second-order valence-electron chi connectivity index (χ2n) is 7.15. The summed E-state index contributed by atoms with van der Waals surface area (Å²) in [6.07, 6.45) is 1.36. The number of aliphatic imine (C=N–C) groups is 2. The van der Waals surface area contributed by atoms with Crippen LogP contribution in [0, 0.1) is 0 Å². The highest BCUT2D eigenvalue weighted by atomic mass is 35.5. The molecule has 0 aliphatic carbocycles. The van der Waals surface area contributed by atoms with Crippen LogP contribution in [0.15, 0.2) is 46.4 Å². The lowest BCUT2D eigenvalue weighted by atomic mass is 9.92. The average molecular weight is 498 g/mol. The van der Waals surface area contributed by atoms with Crippen molar-refractivity contribution in [1.29, 1.82) is 0 Å². The van der Waals surface area contributed by atoms with Crippen molar-refractivity contribution in [2.75, 3.05) is 0 Å². The molecule has 168 valence electrons. The Morgan fingerprint density at radius 1 is 1.06 bits per heavy atom. The second-order valence-corrected chi connectivity index (χ2v) is 8.29. The molecule has 10 heteroatoms. The Kier molecular flexibility index (Phi) is 7.44. The molecule has 0 radical (unpaired) electrons. The van der Waals surface area contributed by atoms with E-state index in [2.05, 4.69) is 9.98 Å². The largest absolute Gasteiger partial charge is 0.489 e. The zero-order valence-electron chi connectivity index (χ0n) is 16.9. The molecule has 3 rings (SSSR count). The maximum Gasteiger partial charge on any atom is 0.339 e. The van der Waals surface area contributed by atoms with Crippen molar-refractivity contribution in [3.63, 3.8) is 0 Å². The number of benzene rings is 2. The van der Waals surface area contributed by atoms with Gasteiger partial charge in [-0.15, -0.1) is 0 Å². The number of aromatic carboxylic acids is 1. The second kappa shape index (κ2) is 9.90. The van der Waals surface area contributed by atoms with Crippen LogP contribution in [-0.4, -0.2) is 38.7 Å². The number of aliphatic carboxylic acids is 1. The van der Waals surface area contributed by atoms with Gasteiger partial charge in [0.15, 0.2) is 0 Å². The van der Waals surface area contributed by atoms with E-state index >= 15 is 0 Å². The van der Waals surface area contributed by atoms with Crippen molar-refractivity contribution in [3.8, 4) is 5.75 Å². The van der Waals surface area contributed by atoms with Gasteiger partial charge in [0, 0.05) is 23.4 Å². The quantitative estimate of drug-likeness (QED) is 0.476. The fourth-order valence-electron chi connectivity index (χ4n) is 3.21. The van der Waals surface area contributed by atoms with Crippen LogP contribution in [0.1, 0.15) is 41.3 Å². The third-order valence-corrected chi connectivity index (χ3v) is 6.08. The monoisotopic (exact) mass is 496 g/mol. The predicted octanol–water partition coefficient (Wildman–Crippen LogP) is 5.49. The molecule has 1 heterocycles. The van der Waals surface area contributed by atoms with E-state index in [0.29, 0.717) is 29.1 Å². The van der Waals surface area contributed by atoms with E-state index < -0.39 is 17.5 Å². The topological polar surface area (TPSA) is 109 Å². The normalized spacial score (nSPS) is 17.6. The molecule has 1 unspecified atom stereocenters. The van der Waals surface area contributed by atoms with Gasteiger partial charge >= 0.3 is 11.9 Å². The standard InChI is InChI=1S/C22H19Cl3N2O5/c1-2-3-17-26-20(25)22(27-17,21(30)31)10-12-4-6-13(7-5-12)32-11-15-16(23)9-8-14(18(15)24)19(28)29/h4-9H,2-3,10-11H2,1H3,(H,28,29)(H,30,31). The van der Waals surface area contributed by atoms with Gasteiger partial charge in [0.1, 0.15) is 23.4 Å². The summed E-state index contributed by atoms with van der Waals surface area (Å²) in [6.45, 7) is 1.91. The number of carbonyl (C=O) groups is 2. The highest BCUT2D eigenvalue weighted by Gasteiger charge is 2.46. The lowest BCUT2D eigenvalue weighted by Gasteiger charge is -2.20. The first kappa shape index (κ1) is 24.0. The SMILES string of the molecule is CCCC1=NC(Cc2ccc(OCc3c(Cl)ccc(C(=O)O)c3Cl)cc2)(C(=O)O)C(Cl)=N1. The van der Waals surface area contributed by atoms with Gasteiger partial charge in [0.2, 0.25) is 5.54 Å². The Hall–Kier alpha value is -2.61. The molecule has 2 aromatic carbocycles. The van der Waals surface area contributed by atoms with Crippen LogP contribution in [0.4, 0.5) is 0 Å². The van der Waals surface area contributed by atoms with E-state index in [-0.39, 0.29) is 33.8 Å². The lowest BCUT2D eigenvalue weighted by Crippen LogP contribution is -2.43. The molecule has 0 aromatic heterocycles. The first-order valence-corrected chi connectivity index (χ1v) is 10.8. The Morgan fingerprint density at radius 3 is 2.34 bits per heavy atom. The highest BCUT2D eigenvalue weighted by molar-refractivity contribution is 6.71. The van der Waals surface area contributed by atoms with Gasteiger partial charge < -0.3 is 14.9 Å². The van der Waals surface area contributed by atoms with Crippen LogP contribution in [0.25, 0.3) is 0 Å². The number of carboxylic acid groups (broad SMARTS) is 2. The number of carboxylic acids is 2. The van der Waals surface area contributed by atoms with Crippen molar-refractivity contribution < 1.29 is 24.5 Å². The number of hydrogen-bond acceptors (Lipinski definition) is 5. The number of amidine groups is 1. The van der Waals surface area contributed by atoms with E-state index in [1.165, 1.54) is 12.1 Å². The van der Waals surface area contributed by atoms with Gasteiger partial charge in [-0.25, -0.2) is 19.6 Å². The maximum absolute atomic E-state index is 12.0. The zero-order valence-corrected chi connectivity index (χ0v) is 19.2. The Balaban J connectivity index is 1.75. The van der Waals surface area contributed by atoms with Crippen molar-refractivity contribution in [3.05, 3.63) is 63.1 Å². The van der Waals surface area contributed by atoms with Crippen molar-refractivity contribution >= 4 is 57.7 Å². The van der Waals surface area contributed by atoms with E-state index in [1.807, 2.05) is 6.92 Å². The molecule has 2 N–H and O–H groups in total. The maximum atomic E-state index is 12.0. The first-order valence-electron chi connectivity index (χ1n) is 9.66. The lowest BCUT2D eigenvalue weighted by molar-refractivity contribution is -0.140. The minimum Gasteiger partial charge on any atom is -0.489 e. The fraction of sp³-hybridized carbons (Fsp3) is 0.273. The molecule has 0 bridgehead atoms. The Labute approximate surface area is 199 Å². The molecule has 0 spiro atoms. The van der Waals surface area contributed by atoms with Crippen molar-refractivity contribution in [2.45, 2.75) is 38.3 Å². The Morgan fingerprint density at radius 2 is 1.75 bits per heavy atom. The molecular formula is C22H19Cl3N2O5. The van der Waals surface area contributed by atoms with Crippen LogP contribution in [0.5, 0.6) is 5.75 Å². The molecule has 2 aromatic rings. The molecular weight excluding hydrogens is 479 g/mol. The summed E-state index contributed by atoms with van der Waals surface area (Å²) in [7, 11) is 0. The third-order valence-electron chi connectivity index (χ3n) is 4.90. The number of ether oxygens (including phenoxy) is 1. The minimum atomic E-state index is -1.63. The van der Waals surface area contributed by atoms with E-state index in [1.54, 1.807) is 24.3 Å². The van der Waals surface area contributed by atoms with Crippen LogP contribution < -0.4 is 4.74 Å². The average Bonchev–Trinajstić information content (AvgIpc) is 3.05. The summed E-state index contributed by atoms with van der Waals surface area (Å²) < 4.78 is 5.70. The van der Waals surface area contributed by atoms with Crippen LogP contribution in [0.3, 0.4) is 0 Å². The number of hydrogen-bond donors (Lipinski definition) is 2. The zero-order chi connectivity index (χ0) is 23.5. The summed E-state index contributed by atoms with van der Waals surface area (Å²) in [4.78, 5) is 31.7. The number of nitrogens with zero attached hydrogens (tertiary/aromatic N) is 2. The van der Waals surface area contributed by atoms with E-state index in [4.69, 9.17) is 39.5 Å². The van der Waals surface area contributed by atoms with E-state index in [0.717, 1.165) is 6.42 Å². The molecule has 32 heavy (non-hydrogen) atoms. The highest BCUT2D eigenvalue weighted by Crippen LogP contribution is 2.31. The Bertz CT molecular complexity index is 1120. The summed E-state index contributed by atoms with van der Waals surface area (Å²) in [5.74, 6) is -1.44. The predicted molar refractivity (Wildman–Crippen MR) is 124 cm³/mol. The molecule has 7 nitrogen and oxygen atoms in total. The van der Waals surface area contributed by atoms with Gasteiger partial charge in [-0.2, -0.15) is 0 Å². The van der Waals surface area contributed by atoms with Gasteiger partial charge in [-0.05, 0) is 36.2 Å². The van der Waals surface area contributed by atoms with E-state index in [9.17, 15) is 19.8 Å². The molecule has 0 amide bonds. The third kappa shape index (κ3) is 4.90. The summed E-state index contributed by atoms with van der Waals surface area (Å²) in [5, 5.41) is 19.2. The van der Waals surface area contributed by atoms with Crippen LogP contribution >= 0.6 is 34.8 Å². The van der Waals surface area contributed by atoms with Crippen LogP contribution in [-0.2, 0) is 17.8 Å². The number of rotatable bonds is 9. The number of halogens is 3. The minimum absolute atomic E-state index is 0.0147. The molecule has 1 atom stereocenters. The molecule has 0 fully saturated rings. The van der Waals surface area contributed by atoms with Gasteiger partial charge in [0.05, 0.1) is 10.6 Å². The van der Waals surface area contributed by atoms with Gasteiger partial charge in [0.25, 0.3) is 0 Å². The van der Waals surface area contributed by atoms with Crippen molar-refractivity contribution in [1.82, 2.24) is 0 Å². The summed E-state index contributed by atoms with van der Waals surface area (Å²) >= 11 is 18.5. The summed E-state index contributed by atoms with van der Waals surface area (Å²) in [6, 6.07) is 9.50.